The maximum Gasteiger partial charge on any atom is 0.258 e. The SMILES string of the molecule is COc1cc(CN2N(C3C4CC5CC(C4)CC3C5)C(=O)C2(C)C)cc(OC)c1. The number of hydrogen-bond donors (Lipinski definition) is 0. The Hall–Kier alpha value is -1.75. The summed E-state index contributed by atoms with van der Waals surface area (Å²) in [6.45, 7) is 4.81. The van der Waals surface area contributed by atoms with Gasteiger partial charge >= 0.3 is 0 Å². The number of rotatable bonds is 5. The second-order valence-corrected chi connectivity index (χ2v) is 9.91. The highest BCUT2D eigenvalue weighted by Crippen LogP contribution is 2.57. The molecule has 0 aromatic heterocycles. The Kier molecular flexibility index (Phi) is 4.17. The Morgan fingerprint density at radius 2 is 1.46 bits per heavy atom. The molecule has 1 aromatic carbocycles. The van der Waals surface area contributed by atoms with Gasteiger partial charge in [0.25, 0.3) is 5.91 Å². The van der Waals surface area contributed by atoms with Gasteiger partial charge in [0.05, 0.1) is 20.3 Å². The summed E-state index contributed by atoms with van der Waals surface area (Å²) in [6, 6.07) is 6.40. The summed E-state index contributed by atoms with van der Waals surface area (Å²) in [5.41, 5.74) is 0.663. The third kappa shape index (κ3) is 2.66. The van der Waals surface area contributed by atoms with Gasteiger partial charge in [0.2, 0.25) is 0 Å². The molecule has 152 valence electrons. The first kappa shape index (κ1) is 18.3. The zero-order valence-electron chi connectivity index (χ0n) is 17.5. The van der Waals surface area contributed by atoms with Crippen molar-refractivity contribution in [2.45, 2.75) is 64.1 Å². The molecule has 0 spiro atoms. The lowest BCUT2D eigenvalue weighted by molar-refractivity contribution is -0.251. The van der Waals surface area contributed by atoms with Crippen molar-refractivity contribution >= 4 is 5.91 Å². The van der Waals surface area contributed by atoms with Crippen LogP contribution in [0.3, 0.4) is 0 Å². The number of hydrazine groups is 1. The van der Waals surface area contributed by atoms with Gasteiger partial charge in [0.15, 0.2) is 0 Å². The van der Waals surface area contributed by atoms with Crippen molar-refractivity contribution in [1.82, 2.24) is 10.0 Å². The van der Waals surface area contributed by atoms with Crippen LogP contribution in [-0.4, -0.2) is 41.7 Å². The maximum atomic E-state index is 13.2. The molecule has 1 aromatic rings. The second-order valence-electron chi connectivity index (χ2n) is 9.91. The van der Waals surface area contributed by atoms with Crippen LogP contribution >= 0.6 is 0 Å². The largest absolute Gasteiger partial charge is 0.497 e. The molecular formula is C23H32N2O3. The van der Waals surface area contributed by atoms with Crippen LogP contribution in [0.1, 0.15) is 51.5 Å². The number of carbonyl (C=O) groups excluding carboxylic acids is 1. The first-order valence-corrected chi connectivity index (χ1v) is 10.7. The highest BCUT2D eigenvalue weighted by Gasteiger charge is 2.60. The van der Waals surface area contributed by atoms with Gasteiger partial charge < -0.3 is 9.47 Å². The summed E-state index contributed by atoms with van der Waals surface area (Å²) in [5.74, 6) is 5.09. The van der Waals surface area contributed by atoms with Crippen molar-refractivity contribution in [1.29, 1.82) is 0 Å². The quantitative estimate of drug-likeness (QED) is 0.773. The van der Waals surface area contributed by atoms with E-state index in [0.29, 0.717) is 30.3 Å². The van der Waals surface area contributed by atoms with Crippen LogP contribution in [0.4, 0.5) is 0 Å². The fourth-order valence-corrected chi connectivity index (χ4v) is 6.72. The van der Waals surface area contributed by atoms with Crippen molar-refractivity contribution in [3.63, 3.8) is 0 Å². The predicted octanol–water partition coefficient (Wildman–Crippen LogP) is 3.87. The van der Waals surface area contributed by atoms with Crippen molar-refractivity contribution in [3.05, 3.63) is 23.8 Å². The molecule has 1 saturated heterocycles. The number of amides is 1. The highest BCUT2D eigenvalue weighted by molar-refractivity contribution is 5.90. The summed E-state index contributed by atoms with van der Waals surface area (Å²) in [4.78, 5) is 13.2. The minimum absolute atomic E-state index is 0.292. The molecule has 5 heteroatoms. The monoisotopic (exact) mass is 384 g/mol. The molecular weight excluding hydrogens is 352 g/mol. The Labute approximate surface area is 167 Å². The van der Waals surface area contributed by atoms with Gasteiger partial charge in [0, 0.05) is 12.6 Å². The van der Waals surface area contributed by atoms with Gasteiger partial charge in [-0.1, -0.05) is 0 Å². The Balaban J connectivity index is 1.42. The molecule has 0 radical (unpaired) electrons. The van der Waals surface area contributed by atoms with Crippen LogP contribution < -0.4 is 9.47 Å². The summed E-state index contributed by atoms with van der Waals surface area (Å²) < 4.78 is 10.9. The first-order chi connectivity index (χ1) is 13.4. The number of benzene rings is 1. The zero-order chi connectivity index (χ0) is 19.6. The normalized spacial score (nSPS) is 35.8. The number of ether oxygens (including phenoxy) is 2. The minimum atomic E-state index is -0.453. The van der Waals surface area contributed by atoms with Crippen LogP contribution in [0.2, 0.25) is 0 Å². The molecule has 5 fully saturated rings. The molecule has 5 aliphatic rings. The summed E-state index contributed by atoms with van der Waals surface area (Å²) in [7, 11) is 3.35. The smallest absolute Gasteiger partial charge is 0.258 e. The van der Waals surface area contributed by atoms with E-state index in [1.54, 1.807) is 14.2 Å². The number of nitrogens with zero attached hydrogens (tertiary/aromatic N) is 2. The summed E-state index contributed by atoms with van der Waals surface area (Å²) in [6.07, 6.45) is 6.73. The van der Waals surface area contributed by atoms with Crippen molar-refractivity contribution in [3.8, 4) is 11.5 Å². The number of methoxy groups -OCH3 is 2. The maximum absolute atomic E-state index is 13.2. The van der Waals surface area contributed by atoms with E-state index in [4.69, 9.17) is 9.47 Å². The molecule has 6 rings (SSSR count). The van der Waals surface area contributed by atoms with Crippen molar-refractivity contribution in [2.75, 3.05) is 14.2 Å². The standard InChI is InChI=1S/C23H32N2O3/c1-23(2)22(26)25(21-17-6-14-5-15(8-17)9-18(21)7-14)24(23)13-16-10-19(27-3)12-20(11-16)28-4/h10-12,14-15,17-18,21H,5-9,13H2,1-4H3. The van der Waals surface area contributed by atoms with Gasteiger partial charge in [-0.25, -0.2) is 0 Å². The lowest BCUT2D eigenvalue weighted by Crippen LogP contribution is -2.79. The lowest BCUT2D eigenvalue weighted by Gasteiger charge is -2.65. The molecule has 4 bridgehead atoms. The molecule has 1 amide bonds. The van der Waals surface area contributed by atoms with Gasteiger partial charge in [-0.2, -0.15) is 5.01 Å². The zero-order valence-corrected chi connectivity index (χ0v) is 17.5. The van der Waals surface area contributed by atoms with Crippen LogP contribution in [-0.2, 0) is 11.3 Å². The minimum Gasteiger partial charge on any atom is -0.497 e. The van der Waals surface area contributed by atoms with Gasteiger partial charge in [-0.3, -0.25) is 9.80 Å². The molecule has 0 unspecified atom stereocenters. The predicted molar refractivity (Wildman–Crippen MR) is 107 cm³/mol. The lowest BCUT2D eigenvalue weighted by atomic mass is 9.53. The van der Waals surface area contributed by atoms with Gasteiger partial charge in [-0.15, -0.1) is 0 Å². The molecule has 0 atom stereocenters. The molecule has 5 nitrogen and oxygen atoms in total. The number of carbonyl (C=O) groups is 1. The van der Waals surface area contributed by atoms with E-state index in [1.165, 1.54) is 32.1 Å². The average Bonchev–Trinajstić information content (AvgIpc) is 2.68. The van der Waals surface area contributed by atoms with E-state index < -0.39 is 5.54 Å². The van der Waals surface area contributed by atoms with E-state index in [-0.39, 0.29) is 0 Å². The van der Waals surface area contributed by atoms with Gasteiger partial charge in [-0.05, 0) is 87.3 Å². The van der Waals surface area contributed by atoms with Crippen molar-refractivity contribution in [2.24, 2.45) is 23.7 Å². The van der Waals surface area contributed by atoms with E-state index in [9.17, 15) is 4.79 Å². The third-order valence-corrected chi connectivity index (χ3v) is 7.84. The first-order valence-electron chi connectivity index (χ1n) is 10.7. The van der Waals surface area contributed by atoms with Crippen LogP contribution in [0.5, 0.6) is 11.5 Å². The molecule has 0 N–H and O–H groups in total. The Morgan fingerprint density at radius 3 is 1.96 bits per heavy atom. The number of hydrogen-bond acceptors (Lipinski definition) is 4. The topological polar surface area (TPSA) is 42.0 Å². The second kappa shape index (κ2) is 6.38. The van der Waals surface area contributed by atoms with E-state index in [2.05, 4.69) is 36.0 Å². The van der Waals surface area contributed by atoms with Gasteiger partial charge in [0.1, 0.15) is 17.0 Å². The van der Waals surface area contributed by atoms with E-state index >= 15 is 0 Å². The summed E-state index contributed by atoms with van der Waals surface area (Å²) >= 11 is 0. The van der Waals surface area contributed by atoms with Crippen LogP contribution in [0.15, 0.2) is 18.2 Å². The fourth-order valence-electron chi connectivity index (χ4n) is 6.72. The summed E-state index contributed by atoms with van der Waals surface area (Å²) in [5, 5.41) is 4.45. The highest BCUT2D eigenvalue weighted by atomic mass is 16.5. The van der Waals surface area contributed by atoms with Crippen LogP contribution in [0.25, 0.3) is 0 Å². The molecule has 4 aliphatic carbocycles. The third-order valence-electron chi connectivity index (χ3n) is 7.84. The average molecular weight is 385 g/mol. The molecule has 4 saturated carbocycles. The fraction of sp³-hybridized carbons (Fsp3) is 0.696. The van der Waals surface area contributed by atoms with Crippen molar-refractivity contribution < 1.29 is 14.3 Å². The molecule has 1 aliphatic heterocycles. The molecule has 1 heterocycles. The van der Waals surface area contributed by atoms with E-state index in [1.807, 2.05) is 6.07 Å². The molecule has 28 heavy (non-hydrogen) atoms. The Morgan fingerprint density at radius 1 is 0.929 bits per heavy atom. The van der Waals surface area contributed by atoms with Crippen LogP contribution in [0, 0.1) is 23.7 Å². The van der Waals surface area contributed by atoms with E-state index in [0.717, 1.165) is 28.9 Å². The Bertz CT molecular complexity index is 740.